The van der Waals surface area contributed by atoms with Gasteiger partial charge in [-0.1, -0.05) is 114 Å². The van der Waals surface area contributed by atoms with Gasteiger partial charge in [-0.25, -0.2) is 0 Å². The number of hydrogen-bond donors (Lipinski definition) is 2. The van der Waals surface area contributed by atoms with Crippen molar-refractivity contribution < 1.29 is 19.4 Å². The summed E-state index contributed by atoms with van der Waals surface area (Å²) in [6.07, 6.45) is 1.83. The first-order valence-electron chi connectivity index (χ1n) is 13.0. The zero-order valence-corrected chi connectivity index (χ0v) is 24.5. The maximum Gasteiger partial charge on any atom is 0.272 e. The molecule has 2 N–H and O–H groups in total. The lowest BCUT2D eigenvalue weighted by Gasteiger charge is -2.37. The van der Waals surface area contributed by atoms with Crippen molar-refractivity contribution in [2.24, 2.45) is 0 Å². The third-order valence-electron chi connectivity index (χ3n) is 6.78. The van der Waals surface area contributed by atoms with E-state index in [1.54, 1.807) is 0 Å². The van der Waals surface area contributed by atoms with Crippen LogP contribution < -0.4 is 5.32 Å². The fourth-order valence-corrected chi connectivity index (χ4v) is 4.93. The number of hydrogen-bond acceptors (Lipinski definition) is 5. The van der Waals surface area contributed by atoms with Gasteiger partial charge in [-0.3, -0.25) is 4.79 Å². The zero-order valence-electron chi connectivity index (χ0n) is 22.2. The minimum atomic E-state index is -2.02. The van der Waals surface area contributed by atoms with Crippen molar-refractivity contribution in [2.45, 2.75) is 41.9 Å². The van der Waals surface area contributed by atoms with Crippen molar-refractivity contribution in [1.82, 2.24) is 10.2 Å². The summed E-state index contributed by atoms with van der Waals surface area (Å²) in [5, 5.41) is 12.1. The van der Waals surface area contributed by atoms with Crippen LogP contribution in [0, 0.1) is 0 Å². The molecule has 0 aliphatic carbocycles. The van der Waals surface area contributed by atoms with Crippen LogP contribution in [0.1, 0.15) is 41.1 Å². The number of nitrogens with zero attached hydrogens (tertiary/aromatic N) is 1. The van der Waals surface area contributed by atoms with E-state index in [1.807, 2.05) is 85.9 Å². The summed E-state index contributed by atoms with van der Waals surface area (Å²) in [5.41, 5.74) is 5.62. The summed E-state index contributed by atoms with van der Waals surface area (Å²) in [6.45, 7) is 5.56. The first-order valence-corrected chi connectivity index (χ1v) is 14.1. The molecule has 3 aromatic carbocycles. The lowest BCUT2D eigenvalue weighted by molar-refractivity contribution is -0.252. The second-order valence-corrected chi connectivity index (χ2v) is 12.1. The van der Waals surface area contributed by atoms with Gasteiger partial charge in [-0.05, 0) is 34.9 Å². The molecule has 0 bridgehead atoms. The first-order chi connectivity index (χ1) is 19.2. The fourth-order valence-electron chi connectivity index (χ4n) is 4.73. The molecule has 4 rings (SSSR count). The Balaban J connectivity index is 1.54. The number of likely N-dealkylation sites (N-methyl/N-ethyl adjacent to an activating group) is 1. The molecule has 3 unspecified atom stereocenters. The Morgan fingerprint density at radius 2 is 1.73 bits per heavy atom. The molecule has 0 spiro atoms. The number of ether oxygens (including phenoxy) is 2. The quantitative estimate of drug-likeness (QED) is 0.205. The van der Waals surface area contributed by atoms with Gasteiger partial charge in [0.05, 0.1) is 18.8 Å². The molecular formula is C31H33Cl3N2O4. The van der Waals surface area contributed by atoms with Crippen LogP contribution in [0.3, 0.4) is 0 Å². The Morgan fingerprint density at radius 1 is 1.05 bits per heavy atom. The van der Waals surface area contributed by atoms with E-state index >= 15 is 0 Å². The van der Waals surface area contributed by atoms with Gasteiger partial charge >= 0.3 is 0 Å². The van der Waals surface area contributed by atoms with Crippen molar-refractivity contribution in [3.05, 3.63) is 108 Å². The number of alkyl halides is 3. The molecule has 40 heavy (non-hydrogen) atoms. The highest BCUT2D eigenvalue weighted by atomic mass is 35.6. The summed E-state index contributed by atoms with van der Waals surface area (Å²) in [4.78, 5) is 14.2. The largest absolute Gasteiger partial charge is 0.392 e. The topological polar surface area (TPSA) is 71.0 Å². The van der Waals surface area contributed by atoms with E-state index in [4.69, 9.17) is 44.3 Å². The monoisotopic (exact) mass is 602 g/mol. The Labute approximate surface area is 250 Å². The van der Waals surface area contributed by atoms with Crippen molar-refractivity contribution >= 4 is 40.7 Å². The fraction of sp³-hybridized carbons (Fsp3) is 0.323. The van der Waals surface area contributed by atoms with Crippen molar-refractivity contribution in [3.8, 4) is 11.1 Å². The van der Waals surface area contributed by atoms with E-state index in [2.05, 4.69) is 16.8 Å². The van der Waals surface area contributed by atoms with Gasteiger partial charge in [-0.15, -0.1) is 6.58 Å². The standard InChI is InChI=1S/C31H33Cl3N2O4/c1-3-16-36(2)19-26-17-28(23-10-8-21(20-37)9-11-23)40-29(39-26)24-14-12-22(13-15-24)27-7-5-4-6-25(27)18-35-30(38)31(32,33)34/h3-15,26,28-29,37H,1,16-20H2,2H3,(H,35,38). The molecule has 1 aliphatic heterocycles. The number of rotatable bonds is 10. The van der Waals surface area contributed by atoms with Crippen LogP contribution in [0.15, 0.2) is 85.5 Å². The van der Waals surface area contributed by atoms with E-state index in [1.165, 1.54) is 0 Å². The number of benzene rings is 3. The SMILES string of the molecule is C=CCN(C)CC1CC(c2ccc(CO)cc2)OC(c2ccc(-c3ccccc3CNC(=O)C(Cl)(Cl)Cl)cc2)O1. The molecule has 0 aromatic heterocycles. The number of amides is 1. The molecule has 3 aromatic rings. The molecule has 1 amide bonds. The Kier molecular flexibility index (Phi) is 10.7. The molecule has 1 aliphatic rings. The molecule has 212 valence electrons. The first kappa shape index (κ1) is 30.5. The maximum absolute atomic E-state index is 12.0. The normalized spacial score (nSPS) is 19.4. The third kappa shape index (κ3) is 8.08. The molecule has 3 atom stereocenters. The summed E-state index contributed by atoms with van der Waals surface area (Å²) >= 11 is 17.1. The summed E-state index contributed by atoms with van der Waals surface area (Å²) < 4.78 is 10.9. The number of nitrogens with one attached hydrogen (secondary N) is 1. The predicted octanol–water partition coefficient (Wildman–Crippen LogP) is 6.50. The zero-order chi connectivity index (χ0) is 28.7. The van der Waals surface area contributed by atoms with E-state index in [-0.39, 0.29) is 25.4 Å². The summed E-state index contributed by atoms with van der Waals surface area (Å²) in [6, 6.07) is 23.6. The molecule has 6 nitrogen and oxygen atoms in total. The maximum atomic E-state index is 12.0. The van der Waals surface area contributed by atoms with Crippen LogP contribution in [0.4, 0.5) is 0 Å². The number of carbonyl (C=O) groups is 1. The second kappa shape index (κ2) is 14.0. The molecule has 1 fully saturated rings. The van der Waals surface area contributed by atoms with Crippen LogP contribution in [-0.2, 0) is 27.4 Å². The third-order valence-corrected chi connectivity index (χ3v) is 7.29. The lowest BCUT2D eigenvalue weighted by atomic mass is 9.97. The van der Waals surface area contributed by atoms with Gasteiger partial charge < -0.3 is 24.8 Å². The van der Waals surface area contributed by atoms with E-state index in [9.17, 15) is 9.90 Å². The molecular weight excluding hydrogens is 571 g/mol. The number of aliphatic hydroxyl groups is 1. The smallest absolute Gasteiger partial charge is 0.272 e. The predicted molar refractivity (Wildman–Crippen MR) is 160 cm³/mol. The van der Waals surface area contributed by atoms with Crippen molar-refractivity contribution in [3.63, 3.8) is 0 Å². The van der Waals surface area contributed by atoms with Crippen molar-refractivity contribution in [1.29, 1.82) is 0 Å². The highest BCUT2D eigenvalue weighted by Gasteiger charge is 2.33. The number of aliphatic hydroxyl groups excluding tert-OH is 1. The number of carbonyl (C=O) groups excluding carboxylic acids is 1. The van der Waals surface area contributed by atoms with E-state index in [0.29, 0.717) is 6.42 Å². The van der Waals surface area contributed by atoms with Gasteiger partial charge in [0.25, 0.3) is 9.70 Å². The van der Waals surface area contributed by atoms with Crippen LogP contribution >= 0.6 is 34.8 Å². The van der Waals surface area contributed by atoms with Crippen LogP contribution in [0.25, 0.3) is 11.1 Å². The highest BCUT2D eigenvalue weighted by Crippen LogP contribution is 2.39. The van der Waals surface area contributed by atoms with Gasteiger partial charge in [0.1, 0.15) is 0 Å². The molecule has 0 saturated carbocycles. The molecule has 0 radical (unpaired) electrons. The van der Waals surface area contributed by atoms with E-state index in [0.717, 1.165) is 46.5 Å². The van der Waals surface area contributed by atoms with Crippen molar-refractivity contribution in [2.75, 3.05) is 20.1 Å². The number of halogens is 3. The molecule has 1 saturated heterocycles. The summed E-state index contributed by atoms with van der Waals surface area (Å²) in [5.74, 6) is -0.678. The Morgan fingerprint density at radius 3 is 2.38 bits per heavy atom. The van der Waals surface area contributed by atoms with Crippen LogP contribution in [0.5, 0.6) is 0 Å². The van der Waals surface area contributed by atoms with Gasteiger partial charge in [0.2, 0.25) is 0 Å². The van der Waals surface area contributed by atoms with Gasteiger partial charge in [0.15, 0.2) is 6.29 Å². The van der Waals surface area contributed by atoms with Gasteiger partial charge in [0, 0.05) is 31.6 Å². The lowest BCUT2D eigenvalue weighted by Crippen LogP contribution is -2.37. The minimum Gasteiger partial charge on any atom is -0.392 e. The summed E-state index contributed by atoms with van der Waals surface area (Å²) in [7, 11) is 2.04. The van der Waals surface area contributed by atoms with Crippen LogP contribution in [-0.4, -0.2) is 45.9 Å². The van der Waals surface area contributed by atoms with Crippen LogP contribution in [0.2, 0.25) is 0 Å². The second-order valence-electron chi connectivity index (χ2n) is 9.82. The Hall–Kier alpha value is -2.42. The highest BCUT2D eigenvalue weighted by molar-refractivity contribution is 6.76. The molecule has 1 heterocycles. The average Bonchev–Trinajstić information content (AvgIpc) is 2.95. The van der Waals surface area contributed by atoms with Gasteiger partial charge in [-0.2, -0.15) is 0 Å². The minimum absolute atomic E-state index is 0.00126. The average molecular weight is 604 g/mol. The Bertz CT molecular complexity index is 1280. The molecule has 9 heteroatoms. The van der Waals surface area contributed by atoms with E-state index < -0.39 is 16.0 Å².